The van der Waals surface area contributed by atoms with E-state index in [9.17, 15) is 14.4 Å². The van der Waals surface area contributed by atoms with E-state index >= 15 is 0 Å². The molecule has 0 atom stereocenters. The minimum atomic E-state index is -0.755. The first-order valence-electron chi connectivity index (χ1n) is 15.7. The summed E-state index contributed by atoms with van der Waals surface area (Å²) in [6.45, 7) is 3.02. The molecule has 6 rings (SSSR count). The predicted octanol–water partition coefficient (Wildman–Crippen LogP) is 7.84. The van der Waals surface area contributed by atoms with Gasteiger partial charge in [0.05, 0.1) is 25.1 Å². The molecular formula is C40H34N2O7. The minimum Gasteiger partial charge on any atom is -0.493 e. The molecule has 1 fully saturated rings. The van der Waals surface area contributed by atoms with Crippen molar-refractivity contribution in [3.05, 3.63) is 150 Å². The number of imide groups is 2. The van der Waals surface area contributed by atoms with Gasteiger partial charge in [-0.05, 0) is 78.2 Å². The van der Waals surface area contributed by atoms with Crippen molar-refractivity contribution >= 4 is 35.3 Å². The van der Waals surface area contributed by atoms with E-state index in [4.69, 9.17) is 18.9 Å². The van der Waals surface area contributed by atoms with Gasteiger partial charge in [-0.1, -0.05) is 78.9 Å². The lowest BCUT2D eigenvalue weighted by atomic mass is 10.0. The van der Waals surface area contributed by atoms with E-state index in [0.29, 0.717) is 53.2 Å². The van der Waals surface area contributed by atoms with Gasteiger partial charge in [0.2, 0.25) is 0 Å². The lowest BCUT2D eigenvalue weighted by molar-refractivity contribution is -0.121. The summed E-state index contributed by atoms with van der Waals surface area (Å²) in [4.78, 5) is 43.1. The molecule has 0 N–H and O–H groups in total. The maximum absolute atomic E-state index is 13.7. The second-order valence-electron chi connectivity index (χ2n) is 11.0. The summed E-state index contributed by atoms with van der Waals surface area (Å²) in [6.07, 6.45) is 1.46. The Bertz CT molecular complexity index is 1920. The zero-order valence-corrected chi connectivity index (χ0v) is 27.1. The fourth-order valence-electron chi connectivity index (χ4n) is 5.33. The van der Waals surface area contributed by atoms with E-state index in [0.717, 1.165) is 20.9 Å². The molecule has 0 aliphatic carbocycles. The molecule has 0 unspecified atom stereocenters. The Morgan fingerprint density at radius 1 is 0.551 bits per heavy atom. The number of benzene rings is 5. The number of barbiturate groups is 1. The number of para-hydroxylation sites is 2. The van der Waals surface area contributed by atoms with Crippen LogP contribution in [-0.4, -0.2) is 31.6 Å². The minimum absolute atomic E-state index is 0.180. The van der Waals surface area contributed by atoms with E-state index in [2.05, 4.69) is 0 Å². The van der Waals surface area contributed by atoms with Crippen LogP contribution in [0.5, 0.6) is 23.0 Å². The quantitative estimate of drug-likeness (QED) is 0.1000. The summed E-state index contributed by atoms with van der Waals surface area (Å²) in [7, 11) is 1.51. The SMILES string of the molecule is CCOc1cc(COc2ccc(C=C3C(=O)N(c4ccccc4)C(=O)N(c4ccccc4)C3=O)cc2OC)ccc1OCc1ccccc1. The summed E-state index contributed by atoms with van der Waals surface area (Å²) >= 11 is 0. The van der Waals surface area contributed by atoms with Crippen LogP contribution in [0.25, 0.3) is 6.08 Å². The van der Waals surface area contributed by atoms with Gasteiger partial charge in [0.1, 0.15) is 18.8 Å². The molecule has 1 aliphatic heterocycles. The molecule has 0 bridgehead atoms. The molecule has 1 aliphatic rings. The van der Waals surface area contributed by atoms with Gasteiger partial charge in [-0.2, -0.15) is 0 Å². The van der Waals surface area contributed by atoms with E-state index < -0.39 is 17.8 Å². The third kappa shape index (κ3) is 7.31. The van der Waals surface area contributed by atoms with Gasteiger partial charge >= 0.3 is 6.03 Å². The van der Waals surface area contributed by atoms with Crippen LogP contribution in [0.15, 0.2) is 133 Å². The van der Waals surface area contributed by atoms with Crippen molar-refractivity contribution in [2.45, 2.75) is 20.1 Å². The summed E-state index contributed by atoms with van der Waals surface area (Å²) in [5.41, 5.74) is 2.93. The standard InChI is InChI=1S/C40H34N2O7/c1-3-47-37-25-30(20-22-35(37)48-26-28-13-7-4-8-14-28)27-49-34-21-19-29(24-36(34)46-2)23-33-38(43)41(31-15-9-5-10-16-31)40(45)42(39(33)44)32-17-11-6-12-18-32/h4-25H,3,26-27H2,1-2H3. The van der Waals surface area contributed by atoms with Crippen molar-refractivity contribution in [2.75, 3.05) is 23.5 Å². The Labute approximate surface area is 284 Å². The van der Waals surface area contributed by atoms with E-state index in [-0.39, 0.29) is 12.2 Å². The molecule has 0 saturated carbocycles. The van der Waals surface area contributed by atoms with Crippen LogP contribution >= 0.6 is 0 Å². The summed E-state index contributed by atoms with van der Waals surface area (Å²) in [5, 5.41) is 0. The lowest BCUT2D eigenvalue weighted by Crippen LogP contribution is -2.57. The molecule has 4 amide bonds. The maximum Gasteiger partial charge on any atom is 0.343 e. The molecule has 0 spiro atoms. The Hall–Kier alpha value is -6.35. The van der Waals surface area contributed by atoms with Crippen LogP contribution < -0.4 is 28.7 Å². The Morgan fingerprint density at radius 3 is 1.65 bits per heavy atom. The fourth-order valence-corrected chi connectivity index (χ4v) is 5.33. The van der Waals surface area contributed by atoms with E-state index in [1.165, 1.54) is 13.2 Å². The number of methoxy groups -OCH3 is 1. The maximum atomic E-state index is 13.7. The molecule has 0 radical (unpaired) electrons. The van der Waals surface area contributed by atoms with Crippen molar-refractivity contribution < 1.29 is 33.3 Å². The number of urea groups is 1. The third-order valence-corrected chi connectivity index (χ3v) is 7.72. The van der Waals surface area contributed by atoms with Gasteiger partial charge < -0.3 is 18.9 Å². The molecule has 1 saturated heterocycles. The van der Waals surface area contributed by atoms with Crippen LogP contribution in [0, 0.1) is 0 Å². The normalized spacial score (nSPS) is 12.9. The molecule has 5 aromatic carbocycles. The summed E-state index contributed by atoms with van der Waals surface area (Å²) < 4.78 is 23.6. The number of carbonyl (C=O) groups is 3. The van der Waals surface area contributed by atoms with Crippen molar-refractivity contribution in [1.82, 2.24) is 0 Å². The van der Waals surface area contributed by atoms with Gasteiger partial charge in [-0.3, -0.25) is 9.59 Å². The average Bonchev–Trinajstić information content (AvgIpc) is 3.14. The zero-order valence-electron chi connectivity index (χ0n) is 27.1. The summed E-state index contributed by atoms with van der Waals surface area (Å²) in [5.74, 6) is 0.648. The molecule has 246 valence electrons. The predicted molar refractivity (Wildman–Crippen MR) is 187 cm³/mol. The van der Waals surface area contributed by atoms with Crippen LogP contribution in [-0.2, 0) is 22.8 Å². The monoisotopic (exact) mass is 654 g/mol. The van der Waals surface area contributed by atoms with Gasteiger partial charge in [0.15, 0.2) is 23.0 Å². The van der Waals surface area contributed by atoms with Crippen LogP contribution in [0.1, 0.15) is 23.6 Å². The number of carbonyl (C=O) groups excluding carboxylic acids is 3. The molecule has 9 nitrogen and oxygen atoms in total. The van der Waals surface area contributed by atoms with E-state index in [1.807, 2.05) is 55.5 Å². The van der Waals surface area contributed by atoms with Gasteiger partial charge in [-0.15, -0.1) is 0 Å². The number of nitrogens with zero attached hydrogens (tertiary/aromatic N) is 2. The zero-order chi connectivity index (χ0) is 34.2. The smallest absolute Gasteiger partial charge is 0.343 e. The van der Waals surface area contributed by atoms with Crippen LogP contribution in [0.3, 0.4) is 0 Å². The highest BCUT2D eigenvalue weighted by atomic mass is 16.5. The number of amides is 4. The molecule has 49 heavy (non-hydrogen) atoms. The highest BCUT2D eigenvalue weighted by molar-refractivity contribution is 6.46. The number of anilines is 2. The third-order valence-electron chi connectivity index (χ3n) is 7.72. The van der Waals surface area contributed by atoms with Gasteiger partial charge in [0, 0.05) is 0 Å². The average molecular weight is 655 g/mol. The fraction of sp³-hybridized carbons (Fsp3) is 0.125. The Balaban J connectivity index is 1.23. The highest BCUT2D eigenvalue weighted by Crippen LogP contribution is 2.34. The highest BCUT2D eigenvalue weighted by Gasteiger charge is 2.43. The van der Waals surface area contributed by atoms with Gasteiger partial charge in [0.25, 0.3) is 11.8 Å². The van der Waals surface area contributed by atoms with Crippen molar-refractivity contribution in [3.63, 3.8) is 0 Å². The van der Waals surface area contributed by atoms with Crippen LogP contribution in [0.2, 0.25) is 0 Å². The first-order valence-corrected chi connectivity index (χ1v) is 15.7. The number of hydrogen-bond donors (Lipinski definition) is 0. The van der Waals surface area contributed by atoms with Crippen molar-refractivity contribution in [2.24, 2.45) is 0 Å². The number of rotatable bonds is 12. The first-order chi connectivity index (χ1) is 24.0. The Morgan fingerprint density at radius 2 is 1.08 bits per heavy atom. The van der Waals surface area contributed by atoms with Gasteiger partial charge in [-0.25, -0.2) is 14.6 Å². The topological polar surface area (TPSA) is 94.6 Å². The second-order valence-corrected chi connectivity index (χ2v) is 11.0. The molecule has 0 aromatic heterocycles. The first kappa shape index (κ1) is 32.6. The number of ether oxygens (including phenoxy) is 4. The van der Waals surface area contributed by atoms with Crippen molar-refractivity contribution in [1.29, 1.82) is 0 Å². The molecule has 5 aromatic rings. The lowest BCUT2D eigenvalue weighted by Gasteiger charge is -2.33. The second kappa shape index (κ2) is 15.0. The van der Waals surface area contributed by atoms with Crippen molar-refractivity contribution in [3.8, 4) is 23.0 Å². The molecular weight excluding hydrogens is 620 g/mol. The Kier molecular flexibility index (Phi) is 10.0. The van der Waals surface area contributed by atoms with Crippen LogP contribution in [0.4, 0.5) is 16.2 Å². The number of hydrogen-bond acceptors (Lipinski definition) is 7. The molecule has 9 heteroatoms. The summed E-state index contributed by atoms with van der Waals surface area (Å²) in [6, 6.07) is 36.9. The molecule has 1 heterocycles. The van der Waals surface area contributed by atoms with E-state index in [1.54, 1.807) is 78.9 Å². The largest absolute Gasteiger partial charge is 0.493 e.